The molecule has 64 valence electrons. The molecular formula is C9H6N2O2. The van der Waals surface area contributed by atoms with Crippen LogP contribution in [0.25, 0.3) is 11.1 Å². The molecule has 4 nitrogen and oxygen atoms in total. The predicted molar refractivity (Wildman–Crippen MR) is 46.1 cm³/mol. The summed E-state index contributed by atoms with van der Waals surface area (Å²) in [5.74, 6) is -0.484. The summed E-state index contributed by atoms with van der Waals surface area (Å²) in [4.78, 5) is 11.2. The first-order valence-corrected chi connectivity index (χ1v) is 3.78. The van der Waals surface area contributed by atoms with Crippen molar-refractivity contribution in [3.05, 3.63) is 34.8 Å². The van der Waals surface area contributed by atoms with E-state index in [4.69, 9.17) is 9.68 Å². The molecule has 0 radical (unpaired) electrons. The molecule has 1 heterocycles. The number of rotatable bonds is 1. The number of para-hydroxylation sites is 2. The van der Waals surface area contributed by atoms with Gasteiger partial charge in [-0.05, 0) is 12.1 Å². The number of oxazole rings is 1. The van der Waals surface area contributed by atoms with Crippen molar-refractivity contribution >= 4 is 11.1 Å². The molecule has 1 aromatic heterocycles. The van der Waals surface area contributed by atoms with Crippen LogP contribution in [0.2, 0.25) is 0 Å². The fraction of sp³-hybridized carbons (Fsp3) is 0.111. The highest BCUT2D eigenvalue weighted by Gasteiger charge is 2.06. The molecule has 0 amide bonds. The zero-order valence-electron chi connectivity index (χ0n) is 6.73. The van der Waals surface area contributed by atoms with Crippen molar-refractivity contribution in [1.82, 2.24) is 4.57 Å². The third-order valence-electron chi connectivity index (χ3n) is 1.80. The zero-order valence-corrected chi connectivity index (χ0v) is 6.73. The van der Waals surface area contributed by atoms with E-state index in [9.17, 15) is 4.79 Å². The number of hydrogen-bond acceptors (Lipinski definition) is 3. The Hall–Kier alpha value is -2.02. The summed E-state index contributed by atoms with van der Waals surface area (Å²) in [6.07, 6.45) is 0. The fourth-order valence-corrected chi connectivity index (χ4v) is 1.23. The highest BCUT2D eigenvalue weighted by molar-refractivity contribution is 5.72. The number of hydrogen-bond donors (Lipinski definition) is 0. The molecule has 0 aliphatic rings. The first-order valence-electron chi connectivity index (χ1n) is 3.78. The van der Waals surface area contributed by atoms with Gasteiger partial charge in [-0.3, -0.25) is 4.57 Å². The smallest absolute Gasteiger partial charge is 0.408 e. The van der Waals surface area contributed by atoms with Crippen LogP contribution in [-0.2, 0) is 6.54 Å². The topological polar surface area (TPSA) is 58.9 Å². The van der Waals surface area contributed by atoms with Crippen LogP contribution < -0.4 is 5.76 Å². The van der Waals surface area contributed by atoms with Crippen LogP contribution >= 0.6 is 0 Å². The molecule has 4 heteroatoms. The van der Waals surface area contributed by atoms with E-state index in [0.29, 0.717) is 11.1 Å². The molecule has 2 rings (SSSR count). The van der Waals surface area contributed by atoms with Gasteiger partial charge in [0.25, 0.3) is 0 Å². The molecule has 0 N–H and O–H groups in total. The highest BCUT2D eigenvalue weighted by Crippen LogP contribution is 2.10. The molecule has 0 bridgehead atoms. The Bertz CT molecular complexity index is 530. The number of benzene rings is 1. The van der Waals surface area contributed by atoms with Crippen LogP contribution in [0, 0.1) is 11.3 Å². The van der Waals surface area contributed by atoms with Crippen LogP contribution in [0.4, 0.5) is 0 Å². The van der Waals surface area contributed by atoms with E-state index in [1.165, 1.54) is 4.57 Å². The van der Waals surface area contributed by atoms with Gasteiger partial charge in [-0.15, -0.1) is 0 Å². The first-order chi connectivity index (χ1) is 6.33. The second-order valence-corrected chi connectivity index (χ2v) is 2.58. The lowest BCUT2D eigenvalue weighted by atomic mass is 10.3. The summed E-state index contributed by atoms with van der Waals surface area (Å²) < 4.78 is 6.21. The maximum atomic E-state index is 11.2. The third-order valence-corrected chi connectivity index (χ3v) is 1.80. The highest BCUT2D eigenvalue weighted by atomic mass is 16.4. The second kappa shape index (κ2) is 2.79. The zero-order chi connectivity index (χ0) is 9.26. The number of aromatic nitrogens is 1. The molecule has 1 aromatic carbocycles. The van der Waals surface area contributed by atoms with Crippen molar-refractivity contribution in [3.8, 4) is 6.07 Å². The van der Waals surface area contributed by atoms with Crippen LogP contribution in [-0.4, -0.2) is 4.57 Å². The lowest BCUT2D eigenvalue weighted by molar-refractivity contribution is 0.521. The van der Waals surface area contributed by atoms with E-state index < -0.39 is 5.76 Å². The van der Waals surface area contributed by atoms with Gasteiger partial charge in [0.1, 0.15) is 6.54 Å². The molecule has 2 aromatic rings. The molecule has 0 aliphatic carbocycles. The van der Waals surface area contributed by atoms with E-state index in [1.54, 1.807) is 24.3 Å². The molecule has 0 saturated heterocycles. The lowest BCUT2D eigenvalue weighted by Gasteiger charge is -1.91. The summed E-state index contributed by atoms with van der Waals surface area (Å²) >= 11 is 0. The van der Waals surface area contributed by atoms with Gasteiger partial charge >= 0.3 is 5.76 Å². The van der Waals surface area contributed by atoms with E-state index >= 15 is 0 Å². The van der Waals surface area contributed by atoms with Gasteiger partial charge in [-0.2, -0.15) is 5.26 Å². The molecule has 0 atom stereocenters. The van der Waals surface area contributed by atoms with Crippen LogP contribution in [0.5, 0.6) is 0 Å². The normalized spacial score (nSPS) is 10.1. The minimum atomic E-state index is -0.484. The van der Waals surface area contributed by atoms with Crippen LogP contribution in [0.1, 0.15) is 0 Å². The molecule has 0 saturated carbocycles. The molecular weight excluding hydrogens is 168 g/mol. The Kier molecular flexibility index (Phi) is 1.64. The predicted octanol–water partition coefficient (Wildman–Crippen LogP) is 1.12. The summed E-state index contributed by atoms with van der Waals surface area (Å²) in [5, 5.41) is 8.47. The van der Waals surface area contributed by atoms with Gasteiger partial charge in [0.15, 0.2) is 5.58 Å². The maximum Gasteiger partial charge on any atom is 0.420 e. The third kappa shape index (κ3) is 1.11. The fourth-order valence-electron chi connectivity index (χ4n) is 1.23. The Balaban J connectivity index is 2.80. The van der Waals surface area contributed by atoms with Crippen LogP contribution in [0.3, 0.4) is 0 Å². The van der Waals surface area contributed by atoms with Gasteiger partial charge in [-0.25, -0.2) is 4.79 Å². The van der Waals surface area contributed by atoms with E-state index in [2.05, 4.69) is 0 Å². The Morgan fingerprint density at radius 1 is 1.46 bits per heavy atom. The van der Waals surface area contributed by atoms with Gasteiger partial charge in [-0.1, -0.05) is 12.1 Å². The standard InChI is InChI=1S/C9H6N2O2/c10-5-6-11-7-3-1-2-4-8(7)13-9(11)12/h1-4H,6H2. The Labute approximate surface area is 73.6 Å². The van der Waals surface area contributed by atoms with E-state index in [0.717, 1.165) is 0 Å². The van der Waals surface area contributed by atoms with Crippen molar-refractivity contribution in [2.45, 2.75) is 6.54 Å². The number of nitrogens with zero attached hydrogens (tertiary/aromatic N) is 2. The van der Waals surface area contributed by atoms with Crippen LogP contribution in [0.15, 0.2) is 33.5 Å². The largest absolute Gasteiger partial charge is 0.420 e. The van der Waals surface area contributed by atoms with Crippen molar-refractivity contribution in [1.29, 1.82) is 5.26 Å². The SMILES string of the molecule is N#CCn1c(=O)oc2ccccc21. The average molecular weight is 174 g/mol. The molecule has 13 heavy (non-hydrogen) atoms. The van der Waals surface area contributed by atoms with E-state index in [1.807, 2.05) is 6.07 Å². The Morgan fingerprint density at radius 2 is 2.23 bits per heavy atom. The average Bonchev–Trinajstić information content (AvgIpc) is 2.44. The second-order valence-electron chi connectivity index (χ2n) is 2.58. The quantitative estimate of drug-likeness (QED) is 0.650. The molecule has 0 aliphatic heterocycles. The first kappa shape index (κ1) is 7.62. The summed E-state index contributed by atoms with van der Waals surface area (Å²) in [6.45, 7) is 0.0237. The number of fused-ring (bicyclic) bond motifs is 1. The van der Waals surface area contributed by atoms with Crippen molar-refractivity contribution in [2.24, 2.45) is 0 Å². The maximum absolute atomic E-state index is 11.2. The lowest BCUT2D eigenvalue weighted by Crippen LogP contribution is -2.12. The van der Waals surface area contributed by atoms with Gasteiger partial charge in [0, 0.05) is 0 Å². The van der Waals surface area contributed by atoms with Crippen molar-refractivity contribution < 1.29 is 4.42 Å². The van der Waals surface area contributed by atoms with Crippen molar-refractivity contribution in [3.63, 3.8) is 0 Å². The molecule has 0 spiro atoms. The summed E-state index contributed by atoms with van der Waals surface area (Å²) in [6, 6.07) is 8.93. The van der Waals surface area contributed by atoms with Gasteiger partial charge in [0.2, 0.25) is 0 Å². The minimum absolute atomic E-state index is 0.0237. The monoisotopic (exact) mass is 174 g/mol. The minimum Gasteiger partial charge on any atom is -0.408 e. The molecule has 0 fully saturated rings. The van der Waals surface area contributed by atoms with Gasteiger partial charge < -0.3 is 4.42 Å². The van der Waals surface area contributed by atoms with Crippen molar-refractivity contribution in [2.75, 3.05) is 0 Å². The van der Waals surface area contributed by atoms with E-state index in [-0.39, 0.29) is 6.54 Å². The summed E-state index contributed by atoms with van der Waals surface area (Å²) in [7, 11) is 0. The Morgan fingerprint density at radius 3 is 3.00 bits per heavy atom. The molecule has 0 unspecified atom stereocenters. The number of nitriles is 1. The summed E-state index contributed by atoms with van der Waals surface area (Å²) in [5.41, 5.74) is 1.18. The van der Waals surface area contributed by atoms with Gasteiger partial charge in [0.05, 0.1) is 11.6 Å².